The largest absolute Gasteiger partial charge is 0.455 e. The highest BCUT2D eigenvalue weighted by Gasteiger charge is 2.43. The van der Waals surface area contributed by atoms with Gasteiger partial charge in [-0.1, -0.05) is 194 Å². The van der Waals surface area contributed by atoms with Gasteiger partial charge in [0.1, 0.15) is 11.2 Å². The van der Waals surface area contributed by atoms with Crippen LogP contribution in [0, 0.1) is 0 Å². The van der Waals surface area contributed by atoms with Crippen LogP contribution in [0.3, 0.4) is 0 Å². The van der Waals surface area contributed by atoms with Gasteiger partial charge in [0, 0.05) is 55.9 Å². The van der Waals surface area contributed by atoms with E-state index in [2.05, 4.69) is 259 Å². The van der Waals surface area contributed by atoms with Gasteiger partial charge < -0.3 is 14.2 Å². The minimum absolute atomic E-state index is 0.0589. The van der Waals surface area contributed by atoms with E-state index in [1.807, 2.05) is 0 Å². The van der Waals surface area contributed by atoms with Crippen molar-refractivity contribution in [1.29, 1.82) is 0 Å². The molecule has 0 spiro atoms. The highest BCUT2D eigenvalue weighted by atomic mass is 16.3. The Balaban J connectivity index is 0.953. The van der Waals surface area contributed by atoms with Gasteiger partial charge in [-0.3, -0.25) is 0 Å². The van der Waals surface area contributed by atoms with Crippen molar-refractivity contribution in [3.63, 3.8) is 0 Å². The summed E-state index contributed by atoms with van der Waals surface area (Å²) in [5.41, 5.74) is 19.3. The zero-order valence-electron chi connectivity index (χ0n) is 38.1. The van der Waals surface area contributed by atoms with Crippen molar-refractivity contribution in [2.45, 2.75) is 0 Å². The fraction of sp³-hybridized carbons (Fsp3) is 0. The third-order valence-corrected chi connectivity index (χ3v) is 15.0. The predicted octanol–water partition coefficient (Wildman–Crippen LogP) is 16.1. The molecule has 3 nitrogen and oxygen atoms in total. The number of hydrogen-bond donors (Lipinski definition) is 0. The first-order valence-corrected chi connectivity index (χ1v) is 24.2. The molecule has 0 amide bonds. The number of benzene rings is 12. The quantitative estimate of drug-likeness (QED) is 0.127. The van der Waals surface area contributed by atoms with Gasteiger partial charge in [-0.15, -0.1) is 0 Å². The topological polar surface area (TPSA) is 19.6 Å². The van der Waals surface area contributed by atoms with Gasteiger partial charge in [0.2, 0.25) is 0 Å². The predicted molar refractivity (Wildman–Crippen MR) is 297 cm³/mol. The van der Waals surface area contributed by atoms with Gasteiger partial charge in [-0.25, -0.2) is 0 Å². The molecule has 0 fully saturated rings. The zero-order chi connectivity index (χ0) is 45.9. The van der Waals surface area contributed by atoms with Crippen LogP contribution < -0.4 is 26.2 Å². The van der Waals surface area contributed by atoms with Crippen molar-refractivity contribution < 1.29 is 4.42 Å². The number of rotatable bonds is 5. The van der Waals surface area contributed by atoms with Gasteiger partial charge in [-0.2, -0.15) is 0 Å². The molecule has 13 aromatic rings. The summed E-state index contributed by atoms with van der Waals surface area (Å²) in [4.78, 5) is 4.96. The van der Waals surface area contributed by atoms with Crippen LogP contribution in [-0.2, 0) is 0 Å². The fourth-order valence-electron chi connectivity index (χ4n) is 12.1. The SMILES string of the molecule is c1ccc(-c2c(-c3ccccc3N3c4ccccc4B4c5ccccc5N(c5ccccc5)c5cccc3c54)ccc3c2oc2c(-c4ccc5c6ccccc6c6ccccc6c5c4)cccc23)cc1. The zero-order valence-corrected chi connectivity index (χ0v) is 38.1. The Bertz CT molecular complexity index is 4240. The number of nitrogens with zero attached hydrogens (tertiary/aromatic N) is 2. The number of anilines is 6. The molecule has 2 aliphatic heterocycles. The molecule has 0 N–H and O–H groups in total. The first kappa shape index (κ1) is 38.9. The number of furan rings is 1. The Morgan fingerprint density at radius 1 is 0.286 bits per heavy atom. The molecule has 0 saturated carbocycles. The molecule has 15 rings (SSSR count). The summed E-state index contributed by atoms with van der Waals surface area (Å²) in [5, 5.41) is 9.76. The Morgan fingerprint density at radius 3 is 1.49 bits per heavy atom. The number of hydrogen-bond acceptors (Lipinski definition) is 3. The molecule has 70 heavy (non-hydrogen) atoms. The van der Waals surface area contributed by atoms with Crippen molar-refractivity contribution >= 4 is 111 Å². The summed E-state index contributed by atoms with van der Waals surface area (Å²) >= 11 is 0. The molecule has 0 saturated heterocycles. The summed E-state index contributed by atoms with van der Waals surface area (Å²) in [5.74, 6) is 0. The fourth-order valence-corrected chi connectivity index (χ4v) is 12.1. The Labute approximate surface area is 405 Å². The van der Waals surface area contributed by atoms with Crippen LogP contribution in [0.4, 0.5) is 34.1 Å². The second kappa shape index (κ2) is 15.2. The van der Waals surface area contributed by atoms with E-state index in [1.54, 1.807) is 0 Å². The summed E-state index contributed by atoms with van der Waals surface area (Å²) in [6.45, 7) is 0.0589. The van der Waals surface area contributed by atoms with E-state index in [4.69, 9.17) is 4.42 Å². The van der Waals surface area contributed by atoms with Crippen LogP contribution in [0.5, 0.6) is 0 Å². The van der Waals surface area contributed by atoms with Crippen molar-refractivity contribution in [3.8, 4) is 33.4 Å². The van der Waals surface area contributed by atoms with E-state index in [1.165, 1.54) is 71.5 Å². The first-order valence-electron chi connectivity index (χ1n) is 24.2. The lowest BCUT2D eigenvalue weighted by molar-refractivity contribution is 0.671. The van der Waals surface area contributed by atoms with Gasteiger partial charge in [0.25, 0.3) is 6.71 Å². The van der Waals surface area contributed by atoms with E-state index in [9.17, 15) is 0 Å². The second-order valence-corrected chi connectivity index (χ2v) is 18.7. The van der Waals surface area contributed by atoms with E-state index in [0.717, 1.165) is 66.7 Å². The number of para-hydroxylation sites is 5. The first-order chi connectivity index (χ1) is 34.8. The molecule has 2 aliphatic rings. The van der Waals surface area contributed by atoms with Crippen molar-refractivity contribution in [2.24, 2.45) is 0 Å². The second-order valence-electron chi connectivity index (χ2n) is 18.7. The summed E-state index contributed by atoms with van der Waals surface area (Å²) < 4.78 is 7.37. The van der Waals surface area contributed by atoms with Crippen LogP contribution in [0.1, 0.15) is 0 Å². The third kappa shape index (κ3) is 5.59. The molecular weight excluding hydrogens is 848 g/mol. The molecule has 0 aliphatic carbocycles. The molecule has 0 bridgehead atoms. The Morgan fingerprint density at radius 2 is 0.771 bits per heavy atom. The molecule has 0 atom stereocenters. The van der Waals surface area contributed by atoms with Crippen molar-refractivity contribution in [2.75, 3.05) is 9.80 Å². The molecule has 12 aromatic carbocycles. The monoisotopic (exact) mass is 888 g/mol. The summed E-state index contributed by atoms with van der Waals surface area (Å²) in [7, 11) is 0. The van der Waals surface area contributed by atoms with E-state index in [-0.39, 0.29) is 6.71 Å². The average Bonchev–Trinajstić information content (AvgIpc) is 3.82. The Hall–Kier alpha value is -9.12. The van der Waals surface area contributed by atoms with Crippen LogP contribution >= 0.6 is 0 Å². The lowest BCUT2D eigenvalue weighted by Crippen LogP contribution is -2.61. The molecular formula is C66H41BN2O. The highest BCUT2D eigenvalue weighted by molar-refractivity contribution is 7.00. The normalized spacial score (nSPS) is 12.8. The third-order valence-electron chi connectivity index (χ3n) is 15.0. The van der Waals surface area contributed by atoms with Crippen LogP contribution in [0.15, 0.2) is 253 Å². The van der Waals surface area contributed by atoms with Crippen LogP contribution in [0.25, 0.3) is 87.6 Å². The Kier molecular flexibility index (Phi) is 8.45. The standard InChI is InChI=1S/C66H41BN2O/c1-3-19-42(20-4-1)63-52(39-40-54-53-29-17-28-45(65(53)70-66(54)63)43-37-38-50-48-25-8-7-23-46(48)47-24-9-10-26-49(47)55(50)41-43)51-27-11-14-32-58(51)69-60-34-16-13-31-57(60)67-56-30-12-15-33-59(56)68(44-21-5-2-6-22-44)61-35-18-36-62(69)64(61)67/h1-41H. The molecule has 324 valence electrons. The van der Waals surface area contributed by atoms with Crippen molar-refractivity contribution in [1.82, 2.24) is 0 Å². The van der Waals surface area contributed by atoms with Crippen LogP contribution in [0.2, 0.25) is 0 Å². The molecule has 0 unspecified atom stereocenters. The maximum atomic E-state index is 7.37. The lowest BCUT2D eigenvalue weighted by atomic mass is 9.33. The van der Waals surface area contributed by atoms with Crippen LogP contribution in [-0.4, -0.2) is 6.71 Å². The molecule has 3 heterocycles. The highest BCUT2D eigenvalue weighted by Crippen LogP contribution is 2.50. The average molecular weight is 889 g/mol. The molecule has 1 aromatic heterocycles. The van der Waals surface area contributed by atoms with E-state index >= 15 is 0 Å². The minimum atomic E-state index is 0.0589. The van der Waals surface area contributed by atoms with Gasteiger partial charge in [-0.05, 0) is 120 Å². The molecule has 0 radical (unpaired) electrons. The minimum Gasteiger partial charge on any atom is -0.455 e. The van der Waals surface area contributed by atoms with E-state index < -0.39 is 0 Å². The van der Waals surface area contributed by atoms with Gasteiger partial charge in [0.15, 0.2) is 0 Å². The maximum Gasteiger partial charge on any atom is 0.252 e. The number of fused-ring (bicyclic) bond motifs is 13. The van der Waals surface area contributed by atoms with Gasteiger partial charge >= 0.3 is 0 Å². The molecule has 4 heteroatoms. The van der Waals surface area contributed by atoms with Gasteiger partial charge in [0.05, 0.1) is 5.69 Å². The summed E-state index contributed by atoms with van der Waals surface area (Å²) in [6.07, 6.45) is 0. The lowest BCUT2D eigenvalue weighted by Gasteiger charge is -2.44. The smallest absolute Gasteiger partial charge is 0.252 e. The summed E-state index contributed by atoms with van der Waals surface area (Å²) in [6, 6.07) is 91.0. The van der Waals surface area contributed by atoms with E-state index in [0.29, 0.717) is 0 Å². The van der Waals surface area contributed by atoms with Crippen molar-refractivity contribution in [3.05, 3.63) is 249 Å². The maximum absolute atomic E-state index is 7.37.